The number of nitrogens with two attached hydrogens (primary N) is 1. The van der Waals surface area contributed by atoms with Gasteiger partial charge in [0.05, 0.1) is 13.2 Å². The zero-order valence-electron chi connectivity index (χ0n) is 13.0. The maximum absolute atomic E-state index is 6.09. The van der Waals surface area contributed by atoms with Crippen LogP contribution in [0.3, 0.4) is 0 Å². The van der Waals surface area contributed by atoms with Crippen molar-refractivity contribution in [2.75, 3.05) is 44.3 Å². The Hall–Kier alpha value is -1.10. The third-order valence-electron chi connectivity index (χ3n) is 4.85. The lowest BCUT2D eigenvalue weighted by Gasteiger charge is -2.32. The zero-order chi connectivity index (χ0) is 14.7. The van der Waals surface area contributed by atoms with Crippen molar-refractivity contribution in [3.63, 3.8) is 0 Å². The molecule has 1 aromatic rings. The van der Waals surface area contributed by atoms with Crippen LogP contribution in [-0.4, -0.2) is 50.3 Å². The van der Waals surface area contributed by atoms with E-state index in [-0.39, 0.29) is 6.04 Å². The molecule has 0 amide bonds. The van der Waals surface area contributed by atoms with Gasteiger partial charge < -0.3 is 15.4 Å². The highest BCUT2D eigenvalue weighted by atomic mass is 16.5. The molecule has 0 saturated carbocycles. The second-order valence-corrected chi connectivity index (χ2v) is 6.14. The van der Waals surface area contributed by atoms with Gasteiger partial charge in [0.1, 0.15) is 0 Å². The summed E-state index contributed by atoms with van der Waals surface area (Å²) in [5, 5.41) is 0. The van der Waals surface area contributed by atoms with Crippen molar-refractivity contribution >= 4 is 5.69 Å². The molecule has 3 rings (SSSR count). The normalized spacial score (nSPS) is 25.2. The topological polar surface area (TPSA) is 41.7 Å². The summed E-state index contributed by atoms with van der Waals surface area (Å²) in [6, 6.07) is 9.68. The Morgan fingerprint density at radius 1 is 1.19 bits per heavy atom. The van der Waals surface area contributed by atoms with Crippen LogP contribution in [0.2, 0.25) is 0 Å². The van der Waals surface area contributed by atoms with Gasteiger partial charge in [0.15, 0.2) is 0 Å². The van der Waals surface area contributed by atoms with E-state index in [1.807, 2.05) is 0 Å². The molecule has 0 aliphatic carbocycles. The summed E-state index contributed by atoms with van der Waals surface area (Å²) in [5.74, 6) is 0. The van der Waals surface area contributed by atoms with Crippen molar-refractivity contribution in [1.82, 2.24) is 4.90 Å². The first kappa shape index (κ1) is 14.8. The van der Waals surface area contributed by atoms with E-state index in [1.54, 1.807) is 0 Å². The van der Waals surface area contributed by atoms with E-state index in [1.165, 1.54) is 17.7 Å². The summed E-state index contributed by atoms with van der Waals surface area (Å²) in [7, 11) is 0. The molecule has 4 nitrogen and oxygen atoms in total. The monoisotopic (exact) mass is 289 g/mol. The number of benzene rings is 1. The molecule has 2 aliphatic rings. The van der Waals surface area contributed by atoms with E-state index in [2.05, 4.69) is 41.0 Å². The quantitative estimate of drug-likeness (QED) is 0.920. The van der Waals surface area contributed by atoms with Gasteiger partial charge in [-0.05, 0) is 30.5 Å². The Morgan fingerprint density at radius 2 is 1.90 bits per heavy atom. The van der Waals surface area contributed by atoms with Gasteiger partial charge in [0.2, 0.25) is 0 Å². The Balaban J connectivity index is 1.60. The van der Waals surface area contributed by atoms with Gasteiger partial charge in [-0.25, -0.2) is 0 Å². The van der Waals surface area contributed by atoms with Gasteiger partial charge in [-0.15, -0.1) is 0 Å². The third-order valence-corrected chi connectivity index (χ3v) is 4.85. The van der Waals surface area contributed by atoms with Crippen LogP contribution in [0.15, 0.2) is 24.3 Å². The molecule has 2 N–H and O–H groups in total. The second kappa shape index (κ2) is 6.77. The van der Waals surface area contributed by atoms with Crippen molar-refractivity contribution in [1.29, 1.82) is 0 Å². The first-order valence-corrected chi connectivity index (χ1v) is 8.20. The minimum absolute atomic E-state index is 0.165. The Kier molecular flexibility index (Phi) is 4.78. The number of nitrogens with zero attached hydrogens (tertiary/aromatic N) is 2. The van der Waals surface area contributed by atoms with Crippen molar-refractivity contribution in [2.45, 2.75) is 31.8 Å². The standard InChI is InChI=1S/C17H27N3O/c1-2-17(18)14-3-5-15(6-4-14)20-8-7-16(13-20)19-9-11-21-12-10-19/h3-6,16-17H,2,7-13,18H2,1H3/t16?,17-/m1/s1. The molecule has 0 bridgehead atoms. The maximum atomic E-state index is 6.09. The molecule has 0 aromatic heterocycles. The van der Waals surface area contributed by atoms with Gasteiger partial charge in [0.25, 0.3) is 0 Å². The summed E-state index contributed by atoms with van der Waals surface area (Å²) in [6.07, 6.45) is 2.25. The van der Waals surface area contributed by atoms with Crippen LogP contribution in [0.4, 0.5) is 5.69 Å². The Labute approximate surface area is 127 Å². The van der Waals surface area contributed by atoms with Crippen LogP contribution >= 0.6 is 0 Å². The highest BCUT2D eigenvalue weighted by Crippen LogP contribution is 2.25. The van der Waals surface area contributed by atoms with Crippen LogP contribution in [0.1, 0.15) is 31.4 Å². The fraction of sp³-hybridized carbons (Fsp3) is 0.647. The molecule has 4 heteroatoms. The molecule has 0 spiro atoms. The van der Waals surface area contributed by atoms with Crippen molar-refractivity contribution in [3.05, 3.63) is 29.8 Å². The Bertz CT molecular complexity index is 442. The van der Waals surface area contributed by atoms with Crippen LogP contribution in [0, 0.1) is 0 Å². The summed E-state index contributed by atoms with van der Waals surface area (Å²) in [6.45, 7) is 8.37. The number of morpholine rings is 1. The minimum atomic E-state index is 0.165. The Morgan fingerprint density at radius 3 is 2.57 bits per heavy atom. The molecule has 1 unspecified atom stereocenters. The highest BCUT2D eigenvalue weighted by Gasteiger charge is 2.28. The third kappa shape index (κ3) is 3.39. The zero-order valence-corrected chi connectivity index (χ0v) is 13.0. The van der Waals surface area contributed by atoms with Crippen LogP contribution in [-0.2, 0) is 4.74 Å². The number of ether oxygens (including phenoxy) is 1. The van der Waals surface area contributed by atoms with Crippen molar-refractivity contribution in [3.8, 4) is 0 Å². The number of anilines is 1. The van der Waals surface area contributed by atoms with E-state index < -0.39 is 0 Å². The number of rotatable bonds is 4. The summed E-state index contributed by atoms with van der Waals surface area (Å²) in [4.78, 5) is 5.09. The maximum Gasteiger partial charge on any atom is 0.0594 e. The van der Waals surface area contributed by atoms with Gasteiger partial charge in [-0.1, -0.05) is 19.1 Å². The fourth-order valence-electron chi connectivity index (χ4n) is 3.39. The van der Waals surface area contributed by atoms with Gasteiger partial charge in [0, 0.05) is 44.0 Å². The number of hydrogen-bond acceptors (Lipinski definition) is 4. The minimum Gasteiger partial charge on any atom is -0.379 e. The average Bonchev–Trinajstić information content (AvgIpc) is 3.05. The number of hydrogen-bond donors (Lipinski definition) is 1. The van der Waals surface area contributed by atoms with Gasteiger partial charge in [-0.3, -0.25) is 4.90 Å². The lowest BCUT2D eigenvalue weighted by molar-refractivity contribution is 0.0209. The molecular weight excluding hydrogens is 262 g/mol. The van der Waals surface area contributed by atoms with Gasteiger partial charge >= 0.3 is 0 Å². The lowest BCUT2D eigenvalue weighted by atomic mass is 10.1. The first-order chi connectivity index (χ1) is 10.3. The molecule has 0 radical (unpaired) electrons. The molecule has 116 valence electrons. The van der Waals surface area contributed by atoms with Crippen LogP contribution in [0.5, 0.6) is 0 Å². The molecule has 2 atom stereocenters. The molecule has 2 fully saturated rings. The molecule has 2 aliphatic heterocycles. The molecule has 21 heavy (non-hydrogen) atoms. The van der Waals surface area contributed by atoms with Crippen molar-refractivity contribution < 1.29 is 4.74 Å². The predicted molar refractivity (Wildman–Crippen MR) is 86.7 cm³/mol. The molecule has 1 aromatic carbocycles. The highest BCUT2D eigenvalue weighted by molar-refractivity contribution is 5.49. The van der Waals surface area contributed by atoms with E-state index in [0.717, 1.165) is 45.8 Å². The first-order valence-electron chi connectivity index (χ1n) is 8.20. The van der Waals surface area contributed by atoms with E-state index in [0.29, 0.717) is 6.04 Å². The molecule has 2 heterocycles. The predicted octanol–water partition coefficient (Wildman–Crippen LogP) is 2.01. The summed E-state index contributed by atoms with van der Waals surface area (Å²) >= 11 is 0. The van der Waals surface area contributed by atoms with E-state index in [4.69, 9.17) is 10.5 Å². The SMILES string of the molecule is CC[C@@H](N)c1ccc(N2CCC(N3CCOCC3)C2)cc1. The van der Waals surface area contributed by atoms with Crippen LogP contribution < -0.4 is 10.6 Å². The van der Waals surface area contributed by atoms with Gasteiger partial charge in [-0.2, -0.15) is 0 Å². The van der Waals surface area contributed by atoms with Crippen LogP contribution in [0.25, 0.3) is 0 Å². The summed E-state index contributed by atoms with van der Waals surface area (Å²) < 4.78 is 5.45. The summed E-state index contributed by atoms with van der Waals surface area (Å²) in [5.41, 5.74) is 8.66. The van der Waals surface area contributed by atoms with E-state index in [9.17, 15) is 0 Å². The molecule has 2 saturated heterocycles. The van der Waals surface area contributed by atoms with Crippen molar-refractivity contribution in [2.24, 2.45) is 5.73 Å². The van der Waals surface area contributed by atoms with E-state index >= 15 is 0 Å². The average molecular weight is 289 g/mol. The largest absolute Gasteiger partial charge is 0.379 e. The smallest absolute Gasteiger partial charge is 0.0594 e. The second-order valence-electron chi connectivity index (χ2n) is 6.14. The lowest BCUT2D eigenvalue weighted by Crippen LogP contribution is -2.44. The molecular formula is C17H27N3O. The fourth-order valence-corrected chi connectivity index (χ4v) is 3.39.